The third-order valence-corrected chi connectivity index (χ3v) is 12.5. The van der Waals surface area contributed by atoms with Gasteiger partial charge in [-0.3, -0.25) is 0 Å². The summed E-state index contributed by atoms with van der Waals surface area (Å²) >= 11 is 0. The molecule has 0 bridgehead atoms. The Morgan fingerprint density at radius 2 is 1.22 bits per heavy atom. The first-order valence-electron chi connectivity index (χ1n) is 20.9. The van der Waals surface area contributed by atoms with Crippen LogP contribution >= 0.6 is 0 Å². The van der Waals surface area contributed by atoms with Crippen LogP contribution in [0.2, 0.25) is 0 Å². The molecule has 12 rings (SSSR count). The molecule has 1 aliphatic carbocycles. The Balaban J connectivity index is 1.09. The van der Waals surface area contributed by atoms with E-state index in [1.807, 2.05) is 6.07 Å². The zero-order valence-corrected chi connectivity index (χ0v) is 33.3. The average molecular weight is 770 g/mol. The Labute approximate surface area is 350 Å². The summed E-state index contributed by atoms with van der Waals surface area (Å²) in [6.07, 6.45) is 9.13. The predicted octanol–water partition coefficient (Wildman–Crippen LogP) is 13.0. The molecule has 4 nitrogen and oxygen atoms in total. The number of aryl methyl sites for hydroxylation is 1. The van der Waals surface area contributed by atoms with Gasteiger partial charge in [-0.15, -0.1) is 0 Å². The maximum absolute atomic E-state index is 6.31. The highest BCUT2D eigenvalue weighted by Crippen LogP contribution is 2.46. The Bertz CT molecular complexity index is 3150. The summed E-state index contributed by atoms with van der Waals surface area (Å²) < 4.78 is 6.31. The number of rotatable bonds is 6. The maximum Gasteiger partial charge on any atom is 0.252 e. The fraction of sp³-hybridized carbons (Fsp3) is 0.0545. The molecule has 2 aliphatic heterocycles. The highest BCUT2D eigenvalue weighted by Gasteiger charge is 2.43. The van der Waals surface area contributed by atoms with Crippen molar-refractivity contribution in [1.82, 2.24) is 0 Å². The molecule has 60 heavy (non-hydrogen) atoms. The van der Waals surface area contributed by atoms with Gasteiger partial charge >= 0.3 is 0 Å². The van der Waals surface area contributed by atoms with Crippen molar-refractivity contribution < 1.29 is 4.42 Å². The lowest BCUT2D eigenvalue weighted by Crippen LogP contribution is -2.61. The van der Waals surface area contributed by atoms with Crippen LogP contribution in [0.15, 0.2) is 210 Å². The third kappa shape index (κ3) is 5.39. The number of anilines is 8. The van der Waals surface area contributed by atoms with E-state index in [-0.39, 0.29) is 6.71 Å². The van der Waals surface area contributed by atoms with Crippen LogP contribution in [0, 0.1) is 6.92 Å². The summed E-state index contributed by atoms with van der Waals surface area (Å²) in [7, 11) is 0. The van der Waals surface area contributed by atoms with Gasteiger partial charge in [0.25, 0.3) is 6.71 Å². The molecular formula is C55H40BN3O. The van der Waals surface area contributed by atoms with Gasteiger partial charge in [-0.2, -0.15) is 0 Å². The Kier molecular flexibility index (Phi) is 7.95. The predicted molar refractivity (Wildman–Crippen MR) is 253 cm³/mol. The maximum atomic E-state index is 6.31. The minimum absolute atomic E-state index is 0.0460. The van der Waals surface area contributed by atoms with Crippen LogP contribution in [0.25, 0.3) is 33.1 Å². The van der Waals surface area contributed by atoms with Gasteiger partial charge in [0.15, 0.2) is 0 Å². The molecule has 0 unspecified atom stereocenters. The lowest BCUT2D eigenvalue weighted by Gasteiger charge is -2.45. The molecule has 0 saturated carbocycles. The van der Waals surface area contributed by atoms with Crippen LogP contribution in [0.3, 0.4) is 0 Å². The number of furan rings is 1. The van der Waals surface area contributed by atoms with E-state index in [1.165, 1.54) is 56.0 Å². The second kappa shape index (κ2) is 13.8. The van der Waals surface area contributed by atoms with E-state index in [0.29, 0.717) is 0 Å². The van der Waals surface area contributed by atoms with Crippen LogP contribution in [-0.4, -0.2) is 6.71 Å². The van der Waals surface area contributed by atoms with E-state index in [4.69, 9.17) is 4.42 Å². The van der Waals surface area contributed by atoms with E-state index < -0.39 is 0 Å². The smallest absolute Gasteiger partial charge is 0.252 e. The van der Waals surface area contributed by atoms with Crippen LogP contribution in [0.1, 0.15) is 18.4 Å². The molecule has 1 aromatic heterocycles. The van der Waals surface area contributed by atoms with Gasteiger partial charge in [0, 0.05) is 62.0 Å². The Morgan fingerprint density at radius 1 is 0.533 bits per heavy atom. The fourth-order valence-electron chi connectivity index (χ4n) is 9.94. The number of nitrogens with zero attached hydrogens (tertiary/aromatic N) is 3. The molecule has 0 radical (unpaired) electrons. The number of hydrogen-bond donors (Lipinski definition) is 0. The minimum Gasteiger partial charge on any atom is -0.456 e. The van der Waals surface area contributed by atoms with Gasteiger partial charge in [0.1, 0.15) is 11.2 Å². The molecule has 9 aromatic rings. The van der Waals surface area contributed by atoms with E-state index >= 15 is 0 Å². The van der Waals surface area contributed by atoms with E-state index in [0.717, 1.165) is 63.1 Å². The van der Waals surface area contributed by atoms with E-state index in [1.54, 1.807) is 0 Å². The van der Waals surface area contributed by atoms with Crippen molar-refractivity contribution in [3.8, 4) is 11.1 Å². The zero-order valence-electron chi connectivity index (χ0n) is 33.3. The monoisotopic (exact) mass is 769 g/mol. The molecule has 0 atom stereocenters. The summed E-state index contributed by atoms with van der Waals surface area (Å²) in [5, 5.41) is 2.28. The van der Waals surface area contributed by atoms with Crippen molar-refractivity contribution in [3.05, 3.63) is 211 Å². The van der Waals surface area contributed by atoms with Crippen LogP contribution < -0.4 is 31.1 Å². The summed E-state index contributed by atoms with van der Waals surface area (Å²) in [4.78, 5) is 7.40. The standard InChI is InChI=1S/C55H40BN3O/c1-37-34-50-55-51(35-37)59(42-30-28-38(29-31-42)44-23-15-27-53-54(44)45-22-11-14-26-52(45)60-53)49-36-43(57(39-16-5-2-6-17-39)40-18-7-3-8-19-40)32-33-47(49)56(55)46-24-12-13-25-48(46)58(50)41-20-9-4-10-21-41/h2-3,5-9,11-36H,4,10H2,1H3. The molecular weight excluding hydrogens is 729 g/mol. The minimum atomic E-state index is 0.0460. The Hall–Kier alpha value is -7.50. The van der Waals surface area contributed by atoms with Gasteiger partial charge in [-0.25, -0.2) is 0 Å². The summed E-state index contributed by atoms with van der Waals surface area (Å²) in [5.74, 6) is 0. The number of para-hydroxylation sites is 4. The average Bonchev–Trinajstić information content (AvgIpc) is 3.69. The van der Waals surface area contributed by atoms with Crippen molar-refractivity contribution >= 4 is 90.5 Å². The largest absolute Gasteiger partial charge is 0.456 e. The molecule has 3 heterocycles. The number of hydrogen-bond acceptors (Lipinski definition) is 4. The Morgan fingerprint density at radius 3 is 1.98 bits per heavy atom. The first kappa shape index (κ1) is 34.5. The van der Waals surface area contributed by atoms with Gasteiger partial charge < -0.3 is 19.1 Å². The van der Waals surface area contributed by atoms with Crippen LogP contribution in [-0.2, 0) is 0 Å². The van der Waals surface area contributed by atoms with Crippen molar-refractivity contribution in [2.24, 2.45) is 0 Å². The van der Waals surface area contributed by atoms with Crippen LogP contribution in [0.4, 0.5) is 45.5 Å². The van der Waals surface area contributed by atoms with E-state index in [2.05, 4.69) is 216 Å². The lowest BCUT2D eigenvalue weighted by molar-refractivity contribution is 0.669. The fourth-order valence-corrected chi connectivity index (χ4v) is 9.94. The second-order valence-electron chi connectivity index (χ2n) is 16.1. The van der Waals surface area contributed by atoms with Gasteiger partial charge in [-0.1, -0.05) is 115 Å². The third-order valence-electron chi connectivity index (χ3n) is 12.5. The van der Waals surface area contributed by atoms with Crippen molar-refractivity contribution in [2.75, 3.05) is 14.7 Å². The molecule has 0 N–H and O–H groups in total. The second-order valence-corrected chi connectivity index (χ2v) is 16.1. The number of benzene rings is 8. The summed E-state index contributed by atoms with van der Waals surface area (Å²) in [6.45, 7) is 2.29. The van der Waals surface area contributed by atoms with Crippen molar-refractivity contribution in [3.63, 3.8) is 0 Å². The zero-order chi connectivity index (χ0) is 39.7. The summed E-state index contributed by atoms with van der Waals surface area (Å²) in [5.41, 5.74) is 19.9. The molecule has 0 fully saturated rings. The van der Waals surface area contributed by atoms with Gasteiger partial charge in [0.05, 0.1) is 0 Å². The molecule has 0 amide bonds. The molecule has 0 spiro atoms. The van der Waals surface area contributed by atoms with Gasteiger partial charge in [0.2, 0.25) is 0 Å². The highest BCUT2D eigenvalue weighted by molar-refractivity contribution is 7.00. The lowest BCUT2D eigenvalue weighted by atomic mass is 9.33. The SMILES string of the molecule is Cc1cc2c3c(c1)N(c1ccc(-c4cccc5oc6ccccc6c45)cc1)c1cc(N(c4ccccc4)c4ccccc4)ccc1B3c1ccccc1N2C1=CCCC=C1. The molecule has 5 heteroatoms. The molecule has 284 valence electrons. The molecule has 8 aromatic carbocycles. The highest BCUT2D eigenvalue weighted by atomic mass is 16.3. The number of fused-ring (bicyclic) bond motifs is 7. The van der Waals surface area contributed by atoms with Crippen LogP contribution in [0.5, 0.6) is 0 Å². The van der Waals surface area contributed by atoms with E-state index in [9.17, 15) is 0 Å². The van der Waals surface area contributed by atoms with Crippen molar-refractivity contribution in [1.29, 1.82) is 0 Å². The molecule has 0 saturated heterocycles. The first-order chi connectivity index (χ1) is 29.7. The quantitative estimate of drug-likeness (QED) is 0.157. The molecule has 3 aliphatic rings. The number of allylic oxidation sites excluding steroid dienone is 3. The van der Waals surface area contributed by atoms with Gasteiger partial charge in [-0.05, 0) is 138 Å². The first-order valence-corrected chi connectivity index (χ1v) is 20.9. The summed E-state index contributed by atoms with van der Waals surface area (Å²) in [6, 6.07) is 66.2. The topological polar surface area (TPSA) is 22.9 Å². The van der Waals surface area contributed by atoms with Crippen molar-refractivity contribution in [2.45, 2.75) is 19.8 Å². The normalized spacial score (nSPS) is 13.9.